The van der Waals surface area contributed by atoms with E-state index in [9.17, 15) is 32.3 Å². The lowest BCUT2D eigenvalue weighted by Gasteiger charge is -2.50. The molecule has 2 saturated heterocycles. The number of carbonyl (C=O) groups excluding carboxylic acids is 4. The van der Waals surface area contributed by atoms with Gasteiger partial charge in [-0.2, -0.15) is 18.2 Å². The number of rotatable bonds is 7. The van der Waals surface area contributed by atoms with Gasteiger partial charge >= 0.3 is 6.18 Å². The van der Waals surface area contributed by atoms with Crippen LogP contribution in [0.1, 0.15) is 30.0 Å². The number of nitrogens with zero attached hydrogens (tertiary/aromatic N) is 4. The number of aliphatic hydroxyl groups is 1. The predicted octanol–water partition coefficient (Wildman–Crippen LogP) is 4.89. The number of hydrazine groups is 1. The molecule has 6 rings (SSSR count). The Kier molecular flexibility index (Phi) is 8.60. The van der Waals surface area contributed by atoms with E-state index in [1.807, 2.05) is 0 Å². The molecule has 1 N–H and O–H groups in total. The van der Waals surface area contributed by atoms with Crippen LogP contribution in [-0.4, -0.2) is 79.1 Å². The maximum absolute atomic E-state index is 14.2. The Bertz CT molecular complexity index is 1710. The molecular formula is C30H25BrCl3F3N4O6. The SMILES string of the molecule is CN(c1nc(C(F)(F)F)ccc1Cl)N1C(=O)[C@H]2[C@H](CC=C3[C@H]2C[C@@]2(Cl)C(=O)N(CBr)C(=O)[C@@]2(Cl)[C@H]3c2ccc(OCCO)cc2)C1=O. The van der Waals surface area contributed by atoms with Gasteiger partial charge in [0, 0.05) is 13.0 Å². The number of likely N-dealkylation sites (tertiary alicyclic amines) is 1. The predicted molar refractivity (Wildman–Crippen MR) is 167 cm³/mol. The fraction of sp³-hybridized carbons (Fsp3) is 0.433. The van der Waals surface area contributed by atoms with Crippen molar-refractivity contribution >= 4 is 80.2 Å². The highest BCUT2D eigenvalue weighted by molar-refractivity contribution is 9.09. The topological polar surface area (TPSA) is 120 Å². The van der Waals surface area contributed by atoms with Crippen molar-refractivity contribution in [3.05, 3.63) is 64.3 Å². The zero-order chi connectivity index (χ0) is 34.2. The van der Waals surface area contributed by atoms with Gasteiger partial charge in [-0.1, -0.05) is 51.3 Å². The van der Waals surface area contributed by atoms with E-state index >= 15 is 0 Å². The molecule has 0 spiro atoms. The molecule has 0 bridgehead atoms. The van der Waals surface area contributed by atoms with Crippen LogP contribution in [0.2, 0.25) is 5.02 Å². The third-order valence-electron chi connectivity index (χ3n) is 9.29. The Morgan fingerprint density at radius 3 is 2.36 bits per heavy atom. The highest BCUT2D eigenvalue weighted by Gasteiger charge is 2.76. The minimum absolute atomic E-state index is 0.0376. The van der Waals surface area contributed by atoms with Crippen molar-refractivity contribution in [1.82, 2.24) is 14.9 Å². The van der Waals surface area contributed by atoms with E-state index in [1.165, 1.54) is 7.05 Å². The Morgan fingerprint density at radius 1 is 1.06 bits per heavy atom. The second-order valence-electron chi connectivity index (χ2n) is 11.6. The average Bonchev–Trinajstić information content (AvgIpc) is 3.37. The van der Waals surface area contributed by atoms with Crippen molar-refractivity contribution in [2.24, 2.45) is 17.8 Å². The van der Waals surface area contributed by atoms with Crippen LogP contribution in [0, 0.1) is 17.8 Å². The zero-order valence-electron chi connectivity index (χ0n) is 24.3. The lowest BCUT2D eigenvalue weighted by molar-refractivity contribution is -0.142. The molecular weight excluding hydrogens is 756 g/mol. The summed E-state index contributed by atoms with van der Waals surface area (Å²) < 4.78 is 45.9. The molecule has 10 nitrogen and oxygen atoms in total. The second kappa shape index (κ2) is 11.9. The fourth-order valence-corrected chi connectivity index (χ4v) is 8.89. The molecule has 3 fully saturated rings. The smallest absolute Gasteiger partial charge is 0.433 e. The van der Waals surface area contributed by atoms with E-state index in [4.69, 9.17) is 44.6 Å². The van der Waals surface area contributed by atoms with Crippen LogP contribution in [0.15, 0.2) is 48.0 Å². The van der Waals surface area contributed by atoms with Crippen molar-refractivity contribution in [3.8, 4) is 5.75 Å². The second-order valence-corrected chi connectivity index (χ2v) is 13.8. The third-order valence-corrected chi connectivity index (χ3v) is 11.5. The van der Waals surface area contributed by atoms with Crippen molar-refractivity contribution in [3.63, 3.8) is 0 Å². The quantitative estimate of drug-likeness (QED) is 0.183. The largest absolute Gasteiger partial charge is 0.491 e. The number of carbonyl (C=O) groups is 4. The summed E-state index contributed by atoms with van der Waals surface area (Å²) in [6.45, 7) is -0.173. The van der Waals surface area contributed by atoms with E-state index in [0.717, 1.165) is 21.0 Å². The molecule has 0 radical (unpaired) electrons. The number of allylic oxidation sites excluding steroid dienone is 2. The summed E-state index contributed by atoms with van der Waals surface area (Å²) >= 11 is 23.8. The van der Waals surface area contributed by atoms with E-state index in [2.05, 4.69) is 20.9 Å². The number of halogens is 7. The van der Waals surface area contributed by atoms with Crippen LogP contribution in [-0.2, 0) is 25.4 Å². The normalized spacial score (nSPS) is 30.3. The van der Waals surface area contributed by atoms with E-state index in [0.29, 0.717) is 23.0 Å². The minimum atomic E-state index is -4.82. The summed E-state index contributed by atoms with van der Waals surface area (Å²) in [4.78, 5) is 56.1. The average molecular weight is 781 g/mol. The summed E-state index contributed by atoms with van der Waals surface area (Å²) in [6, 6.07) is 8.16. The van der Waals surface area contributed by atoms with Crippen LogP contribution in [0.25, 0.3) is 0 Å². The summed E-state index contributed by atoms with van der Waals surface area (Å²) in [5.41, 5.74) is -0.445. The monoisotopic (exact) mass is 778 g/mol. The number of hydrogen-bond acceptors (Lipinski definition) is 8. The Hall–Kier alpha value is -2.91. The van der Waals surface area contributed by atoms with Crippen molar-refractivity contribution in [1.29, 1.82) is 0 Å². The number of alkyl halides is 6. The van der Waals surface area contributed by atoms with E-state index in [1.54, 1.807) is 30.3 Å². The summed E-state index contributed by atoms with van der Waals surface area (Å²) in [5.74, 6) is -6.93. The molecule has 1 saturated carbocycles. The molecule has 2 aliphatic carbocycles. The van der Waals surface area contributed by atoms with Gasteiger partial charge in [-0.05, 0) is 48.6 Å². The maximum Gasteiger partial charge on any atom is 0.433 e. The fourth-order valence-electron chi connectivity index (χ4n) is 7.24. The van der Waals surface area contributed by atoms with Crippen LogP contribution >= 0.6 is 50.7 Å². The minimum Gasteiger partial charge on any atom is -0.491 e. The number of hydrogen-bond donors (Lipinski definition) is 1. The number of fused-ring (bicyclic) bond motifs is 4. The summed E-state index contributed by atoms with van der Waals surface area (Å²) in [5, 5.41) is 10.5. The zero-order valence-corrected chi connectivity index (χ0v) is 28.2. The number of benzene rings is 1. The molecule has 3 heterocycles. The van der Waals surface area contributed by atoms with Gasteiger partial charge in [0.15, 0.2) is 15.6 Å². The standard InChI is InChI=1S/C30H25BrCl3F3N4O6/c1-39(23-19(32)8-9-20(38-23)30(35,36)37)41-24(43)17-7-6-16-18(21(17)25(41)44)12-28(33)26(45)40(13-31)27(46)29(28,34)22(16)14-2-4-15(5-3-14)47-11-10-42/h2-6,8-9,17-18,21-22,42H,7,10-13H2,1H3/t17-,18+,21-,22-,28+,29-/m0/s1. The molecule has 47 heavy (non-hydrogen) atoms. The molecule has 2 aliphatic heterocycles. The number of anilines is 1. The van der Waals surface area contributed by atoms with Gasteiger partial charge in [-0.15, -0.1) is 23.2 Å². The number of amides is 4. The van der Waals surface area contributed by atoms with Crippen molar-refractivity contribution in [2.45, 2.75) is 34.7 Å². The molecule has 6 atom stereocenters. The molecule has 4 aliphatic rings. The molecule has 1 aromatic carbocycles. The highest BCUT2D eigenvalue weighted by Crippen LogP contribution is 2.65. The van der Waals surface area contributed by atoms with Gasteiger partial charge < -0.3 is 9.84 Å². The first-order valence-corrected chi connectivity index (χ1v) is 16.6. The van der Waals surface area contributed by atoms with Gasteiger partial charge in [0.25, 0.3) is 23.6 Å². The molecule has 17 heteroatoms. The number of ether oxygens (including phenoxy) is 1. The number of imide groups is 2. The summed E-state index contributed by atoms with van der Waals surface area (Å²) in [6.07, 6.45) is -3.32. The van der Waals surface area contributed by atoms with Crippen LogP contribution in [0.5, 0.6) is 5.75 Å². The van der Waals surface area contributed by atoms with Crippen LogP contribution < -0.4 is 9.75 Å². The number of pyridine rings is 1. The van der Waals surface area contributed by atoms with Crippen LogP contribution in [0.3, 0.4) is 0 Å². The molecule has 1 aromatic heterocycles. The lowest BCUT2D eigenvalue weighted by atomic mass is 9.56. The van der Waals surface area contributed by atoms with Crippen molar-refractivity contribution in [2.75, 3.05) is 30.7 Å². The maximum atomic E-state index is 14.2. The first kappa shape index (κ1) is 34.0. The van der Waals surface area contributed by atoms with Gasteiger partial charge in [0.1, 0.15) is 18.1 Å². The Balaban J connectivity index is 1.43. The Morgan fingerprint density at radius 2 is 1.74 bits per heavy atom. The lowest BCUT2D eigenvalue weighted by Crippen LogP contribution is -2.60. The van der Waals surface area contributed by atoms with E-state index < -0.39 is 74.7 Å². The van der Waals surface area contributed by atoms with Gasteiger partial charge in [-0.25, -0.2) is 4.98 Å². The molecule has 0 unspecified atom stereocenters. The molecule has 2 aromatic rings. The molecule has 250 valence electrons. The number of aliphatic hydroxyl groups excluding tert-OH is 1. The third kappa shape index (κ3) is 4.96. The summed E-state index contributed by atoms with van der Waals surface area (Å²) in [7, 11) is 1.21. The van der Waals surface area contributed by atoms with Gasteiger partial charge in [0.05, 0.1) is 28.9 Å². The van der Waals surface area contributed by atoms with Gasteiger partial charge in [-0.3, -0.25) is 29.1 Å². The number of aromatic nitrogens is 1. The molecule has 4 amide bonds. The van der Waals surface area contributed by atoms with E-state index in [-0.39, 0.29) is 36.5 Å². The first-order valence-electron chi connectivity index (χ1n) is 14.3. The highest BCUT2D eigenvalue weighted by atomic mass is 79.9. The Labute approximate surface area is 289 Å². The van der Waals surface area contributed by atoms with Crippen molar-refractivity contribution < 1.29 is 42.2 Å². The first-order chi connectivity index (χ1) is 22.1. The van der Waals surface area contributed by atoms with Gasteiger partial charge in [0.2, 0.25) is 0 Å². The van der Waals surface area contributed by atoms with Crippen LogP contribution in [0.4, 0.5) is 19.0 Å².